The molecule has 2 aliphatic heterocycles. The predicted molar refractivity (Wildman–Crippen MR) is 45.4 cm³/mol. The number of alkyl halides is 1. The molecule has 0 spiro atoms. The number of hydrogen-bond donors (Lipinski definition) is 1. The van der Waals surface area contributed by atoms with Crippen LogP contribution in [0.5, 0.6) is 0 Å². The van der Waals surface area contributed by atoms with E-state index in [9.17, 15) is 0 Å². The molecule has 0 amide bonds. The summed E-state index contributed by atoms with van der Waals surface area (Å²) >= 11 is 3.59. The Kier molecular flexibility index (Phi) is 1.52. The van der Waals surface area contributed by atoms with E-state index in [1.807, 2.05) is 6.20 Å². The van der Waals surface area contributed by atoms with Gasteiger partial charge in [0.05, 0.1) is 6.54 Å². The van der Waals surface area contributed by atoms with Crippen molar-refractivity contribution in [2.75, 3.05) is 6.54 Å². The van der Waals surface area contributed by atoms with Gasteiger partial charge < -0.3 is 5.32 Å². The fourth-order valence-electron chi connectivity index (χ4n) is 1.37. The van der Waals surface area contributed by atoms with Crippen LogP contribution in [-0.4, -0.2) is 17.2 Å². The Balaban J connectivity index is 2.20. The fourth-order valence-corrected chi connectivity index (χ4v) is 1.98. The zero-order valence-electron chi connectivity index (χ0n) is 5.55. The van der Waals surface area contributed by atoms with Crippen molar-refractivity contribution in [3.63, 3.8) is 0 Å². The Labute approximate surface area is 68.5 Å². The number of fused-ring (bicyclic) bond motifs is 1. The highest BCUT2D eigenvalue weighted by Crippen LogP contribution is 2.25. The third kappa shape index (κ3) is 0.888. The van der Waals surface area contributed by atoms with Crippen molar-refractivity contribution in [2.24, 2.45) is 10.9 Å². The van der Waals surface area contributed by atoms with E-state index in [1.54, 1.807) is 0 Å². The molecule has 0 fully saturated rings. The summed E-state index contributed by atoms with van der Waals surface area (Å²) in [5.41, 5.74) is 0. The number of nitrogens with zero attached hydrogens (tertiary/aromatic N) is 1. The van der Waals surface area contributed by atoms with Crippen molar-refractivity contribution in [3.05, 3.63) is 12.3 Å². The Hall–Kier alpha value is -0.310. The van der Waals surface area contributed by atoms with Gasteiger partial charge in [-0.15, -0.1) is 0 Å². The van der Waals surface area contributed by atoms with Crippen LogP contribution in [0.15, 0.2) is 17.3 Å². The molecule has 0 aromatic heterocycles. The van der Waals surface area contributed by atoms with Crippen LogP contribution in [0, 0.1) is 5.92 Å². The van der Waals surface area contributed by atoms with Crippen LogP contribution < -0.4 is 5.32 Å². The second-order valence-electron chi connectivity index (χ2n) is 2.63. The third-order valence-corrected chi connectivity index (χ3v) is 2.89. The number of halogens is 1. The van der Waals surface area contributed by atoms with Crippen LogP contribution in [0.1, 0.15) is 6.42 Å². The largest absolute Gasteiger partial charge is 0.350 e. The lowest BCUT2D eigenvalue weighted by Gasteiger charge is -2.17. The van der Waals surface area contributed by atoms with E-state index in [2.05, 4.69) is 32.3 Å². The summed E-state index contributed by atoms with van der Waals surface area (Å²) in [5, 5.41) is 3.15. The first-order valence-electron chi connectivity index (χ1n) is 3.48. The predicted octanol–water partition coefficient (Wildman–Crippen LogP) is 1.29. The molecule has 54 valence electrons. The van der Waals surface area contributed by atoms with E-state index in [1.165, 1.54) is 0 Å². The summed E-state index contributed by atoms with van der Waals surface area (Å²) in [7, 11) is 0. The summed E-state index contributed by atoms with van der Waals surface area (Å²) in [6.45, 7) is 0.925. The van der Waals surface area contributed by atoms with Gasteiger partial charge in [0, 0.05) is 10.7 Å². The molecular weight excluding hydrogens is 192 g/mol. The number of amidine groups is 1. The maximum absolute atomic E-state index is 4.35. The molecule has 2 aliphatic rings. The van der Waals surface area contributed by atoms with E-state index in [0.717, 1.165) is 18.8 Å². The minimum atomic E-state index is 0.556. The highest BCUT2D eigenvalue weighted by molar-refractivity contribution is 9.09. The Morgan fingerprint density at radius 2 is 2.60 bits per heavy atom. The molecular formula is C7H9BrN2. The highest BCUT2D eigenvalue weighted by Gasteiger charge is 2.29. The Morgan fingerprint density at radius 1 is 1.70 bits per heavy atom. The Morgan fingerprint density at radius 3 is 3.40 bits per heavy atom. The van der Waals surface area contributed by atoms with E-state index < -0.39 is 0 Å². The Bertz CT molecular complexity index is 198. The smallest absolute Gasteiger partial charge is 0.105 e. The molecule has 0 aromatic carbocycles. The number of nitrogens with one attached hydrogen (secondary N) is 1. The van der Waals surface area contributed by atoms with Crippen molar-refractivity contribution >= 4 is 21.8 Å². The van der Waals surface area contributed by atoms with Crippen LogP contribution in [0.2, 0.25) is 0 Å². The fraction of sp³-hybridized carbons (Fsp3) is 0.571. The van der Waals surface area contributed by atoms with E-state index in [4.69, 9.17) is 0 Å². The highest BCUT2D eigenvalue weighted by atomic mass is 79.9. The molecule has 0 radical (unpaired) electrons. The van der Waals surface area contributed by atoms with Crippen molar-refractivity contribution in [1.82, 2.24) is 5.32 Å². The first-order chi connectivity index (χ1) is 4.88. The second-order valence-corrected chi connectivity index (χ2v) is 3.81. The first kappa shape index (κ1) is 6.40. The molecule has 2 atom stereocenters. The van der Waals surface area contributed by atoms with Crippen LogP contribution >= 0.6 is 15.9 Å². The molecule has 2 heterocycles. The molecule has 0 aliphatic carbocycles. The first-order valence-corrected chi connectivity index (χ1v) is 4.39. The second kappa shape index (κ2) is 2.38. The minimum absolute atomic E-state index is 0.556. The summed E-state index contributed by atoms with van der Waals surface area (Å²) in [6.07, 6.45) is 5.26. The van der Waals surface area contributed by atoms with Crippen molar-refractivity contribution < 1.29 is 0 Å². The SMILES string of the molecule is BrC1CN=C2NC=CCC21. The standard InChI is InChI=1S/C7H9BrN2/c8-6-4-10-7-5(6)2-1-3-9-7/h1,3,5-6H,2,4H2,(H,9,10). The van der Waals surface area contributed by atoms with Gasteiger partial charge in [-0.05, 0) is 12.6 Å². The molecule has 2 unspecified atom stereocenters. The number of aliphatic imine (C=N–C) groups is 1. The van der Waals surface area contributed by atoms with Gasteiger partial charge in [0.1, 0.15) is 5.84 Å². The van der Waals surface area contributed by atoms with E-state index >= 15 is 0 Å². The summed E-state index contributed by atoms with van der Waals surface area (Å²) in [4.78, 5) is 4.90. The molecule has 2 nitrogen and oxygen atoms in total. The van der Waals surface area contributed by atoms with Gasteiger partial charge in [-0.3, -0.25) is 4.99 Å². The molecule has 0 bridgehead atoms. The van der Waals surface area contributed by atoms with Gasteiger partial charge in [0.25, 0.3) is 0 Å². The molecule has 1 N–H and O–H groups in total. The average molecular weight is 201 g/mol. The van der Waals surface area contributed by atoms with Gasteiger partial charge in [0.15, 0.2) is 0 Å². The molecule has 0 saturated heterocycles. The van der Waals surface area contributed by atoms with Crippen molar-refractivity contribution in [2.45, 2.75) is 11.2 Å². The van der Waals surface area contributed by atoms with Crippen molar-refractivity contribution in [3.8, 4) is 0 Å². The van der Waals surface area contributed by atoms with Crippen LogP contribution in [0.25, 0.3) is 0 Å². The normalized spacial score (nSPS) is 36.7. The van der Waals surface area contributed by atoms with Gasteiger partial charge in [-0.1, -0.05) is 22.0 Å². The maximum Gasteiger partial charge on any atom is 0.105 e. The average Bonchev–Trinajstić information content (AvgIpc) is 2.34. The molecule has 0 saturated carbocycles. The molecule has 3 heteroatoms. The maximum atomic E-state index is 4.35. The van der Waals surface area contributed by atoms with Crippen LogP contribution in [0.4, 0.5) is 0 Å². The third-order valence-electron chi connectivity index (χ3n) is 1.96. The number of allylic oxidation sites excluding steroid dienone is 1. The monoisotopic (exact) mass is 200 g/mol. The van der Waals surface area contributed by atoms with E-state index in [0.29, 0.717) is 10.7 Å². The number of rotatable bonds is 0. The lowest BCUT2D eigenvalue weighted by Crippen LogP contribution is -2.30. The van der Waals surface area contributed by atoms with Gasteiger partial charge >= 0.3 is 0 Å². The zero-order chi connectivity index (χ0) is 6.97. The molecule has 10 heavy (non-hydrogen) atoms. The lowest BCUT2D eigenvalue weighted by atomic mass is 10.0. The molecule has 2 rings (SSSR count). The van der Waals surface area contributed by atoms with E-state index in [-0.39, 0.29) is 0 Å². The summed E-state index contributed by atoms with van der Waals surface area (Å²) < 4.78 is 0. The summed E-state index contributed by atoms with van der Waals surface area (Å²) in [6, 6.07) is 0. The van der Waals surface area contributed by atoms with Gasteiger partial charge in [0.2, 0.25) is 0 Å². The number of hydrogen-bond acceptors (Lipinski definition) is 2. The minimum Gasteiger partial charge on any atom is -0.350 e. The molecule has 0 aromatic rings. The topological polar surface area (TPSA) is 24.4 Å². The summed E-state index contributed by atoms with van der Waals surface area (Å²) in [5.74, 6) is 1.76. The lowest BCUT2D eigenvalue weighted by molar-refractivity contribution is 0.691. The van der Waals surface area contributed by atoms with Crippen LogP contribution in [0.3, 0.4) is 0 Å². The zero-order valence-corrected chi connectivity index (χ0v) is 7.13. The van der Waals surface area contributed by atoms with Crippen molar-refractivity contribution in [1.29, 1.82) is 0 Å². The van der Waals surface area contributed by atoms with Gasteiger partial charge in [-0.25, -0.2) is 0 Å². The quantitative estimate of drug-likeness (QED) is 0.586. The van der Waals surface area contributed by atoms with Crippen LogP contribution in [-0.2, 0) is 0 Å². The van der Waals surface area contributed by atoms with Gasteiger partial charge in [-0.2, -0.15) is 0 Å².